The summed E-state index contributed by atoms with van der Waals surface area (Å²) >= 11 is 0. The van der Waals surface area contributed by atoms with E-state index in [1.165, 1.54) is 0 Å². The Hall–Kier alpha value is -2.29. The fourth-order valence-corrected chi connectivity index (χ4v) is 2.45. The molecule has 1 saturated carbocycles. The average molecular weight is 295 g/mol. The Morgan fingerprint density at radius 3 is 2.41 bits per heavy atom. The molecule has 0 saturated heterocycles. The lowest BCUT2D eigenvalue weighted by atomic mass is 10.2. The Kier molecular flexibility index (Phi) is 4.42. The molecule has 22 heavy (non-hydrogen) atoms. The SMILES string of the molecule is CC1CC1C(=O)NCc1ccc(OCc2ccccc2)cc1. The van der Waals surface area contributed by atoms with Crippen molar-refractivity contribution in [3.8, 4) is 5.75 Å². The van der Waals surface area contributed by atoms with Crippen LogP contribution in [0.15, 0.2) is 54.6 Å². The van der Waals surface area contributed by atoms with Crippen LogP contribution >= 0.6 is 0 Å². The van der Waals surface area contributed by atoms with E-state index in [0.717, 1.165) is 23.3 Å². The molecular weight excluding hydrogens is 274 g/mol. The second-order valence-electron chi connectivity index (χ2n) is 5.96. The summed E-state index contributed by atoms with van der Waals surface area (Å²) in [5.74, 6) is 1.80. The van der Waals surface area contributed by atoms with E-state index < -0.39 is 0 Å². The summed E-state index contributed by atoms with van der Waals surface area (Å²) < 4.78 is 5.75. The van der Waals surface area contributed by atoms with E-state index in [0.29, 0.717) is 19.1 Å². The van der Waals surface area contributed by atoms with Gasteiger partial charge in [0.05, 0.1) is 0 Å². The van der Waals surface area contributed by atoms with Crippen molar-refractivity contribution in [1.82, 2.24) is 5.32 Å². The van der Waals surface area contributed by atoms with Crippen molar-refractivity contribution >= 4 is 5.91 Å². The third-order valence-corrected chi connectivity index (χ3v) is 4.08. The molecule has 2 aromatic carbocycles. The van der Waals surface area contributed by atoms with Gasteiger partial charge in [-0.3, -0.25) is 4.79 Å². The van der Waals surface area contributed by atoms with E-state index in [1.54, 1.807) is 0 Å². The minimum absolute atomic E-state index is 0.178. The number of carbonyl (C=O) groups excluding carboxylic acids is 1. The molecular formula is C19H21NO2. The first kappa shape index (κ1) is 14.6. The van der Waals surface area contributed by atoms with Crippen LogP contribution < -0.4 is 10.1 Å². The molecule has 0 heterocycles. The molecule has 1 aliphatic carbocycles. The van der Waals surface area contributed by atoms with Gasteiger partial charge in [-0.1, -0.05) is 49.4 Å². The first-order chi connectivity index (χ1) is 10.7. The molecule has 114 valence electrons. The van der Waals surface area contributed by atoms with Crippen molar-refractivity contribution in [2.45, 2.75) is 26.5 Å². The quantitative estimate of drug-likeness (QED) is 0.885. The first-order valence-corrected chi connectivity index (χ1v) is 7.76. The van der Waals surface area contributed by atoms with Gasteiger partial charge in [0, 0.05) is 12.5 Å². The summed E-state index contributed by atoms with van der Waals surface area (Å²) in [5, 5.41) is 2.99. The Morgan fingerprint density at radius 2 is 1.77 bits per heavy atom. The minimum Gasteiger partial charge on any atom is -0.489 e. The van der Waals surface area contributed by atoms with Gasteiger partial charge in [0.1, 0.15) is 12.4 Å². The maximum atomic E-state index is 11.8. The highest BCUT2D eigenvalue weighted by molar-refractivity contribution is 5.81. The van der Waals surface area contributed by atoms with Crippen LogP contribution in [0.2, 0.25) is 0 Å². The van der Waals surface area contributed by atoms with Gasteiger partial charge in [0.2, 0.25) is 5.91 Å². The smallest absolute Gasteiger partial charge is 0.223 e. The maximum absolute atomic E-state index is 11.8. The van der Waals surface area contributed by atoms with Gasteiger partial charge in [0.25, 0.3) is 0 Å². The second-order valence-corrected chi connectivity index (χ2v) is 5.96. The van der Waals surface area contributed by atoms with Crippen LogP contribution in [0.3, 0.4) is 0 Å². The van der Waals surface area contributed by atoms with Crippen molar-refractivity contribution in [2.24, 2.45) is 11.8 Å². The topological polar surface area (TPSA) is 38.3 Å². The average Bonchev–Trinajstić information content (AvgIpc) is 3.29. The lowest BCUT2D eigenvalue weighted by Gasteiger charge is -2.08. The molecule has 2 aromatic rings. The summed E-state index contributed by atoms with van der Waals surface area (Å²) in [4.78, 5) is 11.8. The van der Waals surface area contributed by atoms with E-state index in [1.807, 2.05) is 54.6 Å². The number of amides is 1. The van der Waals surface area contributed by atoms with Gasteiger partial charge >= 0.3 is 0 Å². The molecule has 2 unspecified atom stereocenters. The zero-order chi connectivity index (χ0) is 15.4. The highest BCUT2D eigenvalue weighted by Gasteiger charge is 2.38. The highest BCUT2D eigenvalue weighted by Crippen LogP contribution is 2.37. The van der Waals surface area contributed by atoms with Crippen LogP contribution in [0, 0.1) is 11.8 Å². The number of nitrogens with one attached hydrogen (secondary N) is 1. The lowest BCUT2D eigenvalue weighted by Crippen LogP contribution is -2.24. The summed E-state index contributed by atoms with van der Waals surface area (Å²) in [6.45, 7) is 3.26. The van der Waals surface area contributed by atoms with Crippen LogP contribution in [0.25, 0.3) is 0 Å². The number of hydrogen-bond acceptors (Lipinski definition) is 2. The predicted molar refractivity (Wildman–Crippen MR) is 86.3 cm³/mol. The second kappa shape index (κ2) is 6.65. The molecule has 1 fully saturated rings. The Labute approximate surface area is 131 Å². The van der Waals surface area contributed by atoms with E-state index >= 15 is 0 Å². The van der Waals surface area contributed by atoms with Gasteiger partial charge in [-0.05, 0) is 35.6 Å². The number of benzene rings is 2. The van der Waals surface area contributed by atoms with Crippen molar-refractivity contribution in [2.75, 3.05) is 0 Å². The van der Waals surface area contributed by atoms with Crippen LogP contribution in [-0.2, 0) is 17.9 Å². The van der Waals surface area contributed by atoms with Crippen LogP contribution in [0.4, 0.5) is 0 Å². The van der Waals surface area contributed by atoms with Crippen molar-refractivity contribution in [3.05, 3.63) is 65.7 Å². The molecule has 2 atom stereocenters. The molecule has 0 aromatic heterocycles. The minimum atomic E-state index is 0.178. The highest BCUT2D eigenvalue weighted by atomic mass is 16.5. The number of rotatable bonds is 6. The third kappa shape index (κ3) is 3.88. The van der Waals surface area contributed by atoms with E-state index in [-0.39, 0.29) is 11.8 Å². The number of ether oxygens (including phenoxy) is 1. The Morgan fingerprint density at radius 1 is 1.09 bits per heavy atom. The van der Waals surface area contributed by atoms with Crippen LogP contribution in [0.5, 0.6) is 5.75 Å². The first-order valence-electron chi connectivity index (χ1n) is 7.76. The Balaban J connectivity index is 1.46. The summed E-state index contributed by atoms with van der Waals surface area (Å²) in [5.41, 5.74) is 2.24. The maximum Gasteiger partial charge on any atom is 0.223 e. The summed E-state index contributed by atoms with van der Waals surface area (Å²) in [7, 11) is 0. The fraction of sp³-hybridized carbons (Fsp3) is 0.316. The molecule has 3 nitrogen and oxygen atoms in total. The standard InChI is InChI=1S/C19H21NO2/c1-14-11-18(14)19(21)20-12-15-7-9-17(10-8-15)22-13-16-5-3-2-4-6-16/h2-10,14,18H,11-13H2,1H3,(H,20,21). The summed E-state index contributed by atoms with van der Waals surface area (Å²) in [6.07, 6.45) is 1.03. The molecule has 0 bridgehead atoms. The normalized spacial score (nSPS) is 19.5. The molecule has 1 N–H and O–H groups in total. The zero-order valence-corrected chi connectivity index (χ0v) is 12.8. The van der Waals surface area contributed by atoms with Gasteiger partial charge in [-0.15, -0.1) is 0 Å². The predicted octanol–water partition coefficient (Wildman–Crippen LogP) is 3.54. The molecule has 0 radical (unpaired) electrons. The molecule has 0 spiro atoms. The zero-order valence-electron chi connectivity index (χ0n) is 12.8. The molecule has 0 aliphatic heterocycles. The van der Waals surface area contributed by atoms with Gasteiger partial charge in [0.15, 0.2) is 0 Å². The van der Waals surface area contributed by atoms with Crippen LogP contribution in [0.1, 0.15) is 24.5 Å². The Bertz CT molecular complexity index is 622. The van der Waals surface area contributed by atoms with E-state index in [4.69, 9.17) is 4.74 Å². The molecule has 3 heteroatoms. The largest absolute Gasteiger partial charge is 0.489 e. The molecule has 1 amide bonds. The van der Waals surface area contributed by atoms with Gasteiger partial charge in [-0.2, -0.15) is 0 Å². The van der Waals surface area contributed by atoms with E-state index in [2.05, 4.69) is 12.2 Å². The monoisotopic (exact) mass is 295 g/mol. The lowest BCUT2D eigenvalue weighted by molar-refractivity contribution is -0.122. The van der Waals surface area contributed by atoms with Crippen LogP contribution in [-0.4, -0.2) is 5.91 Å². The summed E-state index contributed by atoms with van der Waals surface area (Å²) in [6, 6.07) is 18.0. The molecule has 3 rings (SSSR count). The van der Waals surface area contributed by atoms with Crippen molar-refractivity contribution < 1.29 is 9.53 Å². The molecule has 1 aliphatic rings. The third-order valence-electron chi connectivity index (χ3n) is 4.08. The van der Waals surface area contributed by atoms with Crippen molar-refractivity contribution in [3.63, 3.8) is 0 Å². The van der Waals surface area contributed by atoms with Gasteiger partial charge < -0.3 is 10.1 Å². The van der Waals surface area contributed by atoms with Gasteiger partial charge in [-0.25, -0.2) is 0 Å². The fourth-order valence-electron chi connectivity index (χ4n) is 2.45. The van der Waals surface area contributed by atoms with Crippen molar-refractivity contribution in [1.29, 1.82) is 0 Å². The number of hydrogen-bond donors (Lipinski definition) is 1. The van der Waals surface area contributed by atoms with E-state index in [9.17, 15) is 4.79 Å². The number of carbonyl (C=O) groups is 1.